The third-order valence-electron chi connectivity index (χ3n) is 1.81. The van der Waals surface area contributed by atoms with Gasteiger partial charge in [0.25, 0.3) is 6.20 Å². The van der Waals surface area contributed by atoms with Gasteiger partial charge in [-0.25, -0.2) is 0 Å². The van der Waals surface area contributed by atoms with Crippen LogP contribution in [0, 0.1) is 10.1 Å². The van der Waals surface area contributed by atoms with Crippen LogP contribution in [0.25, 0.3) is 0 Å². The summed E-state index contributed by atoms with van der Waals surface area (Å²) in [5.74, 6) is -1.24. The van der Waals surface area contributed by atoms with Gasteiger partial charge >= 0.3 is 5.97 Å². The lowest BCUT2D eigenvalue weighted by molar-refractivity contribution is -0.403. The standard InChI is InChI=1S/C10H9Cl2N3O4/c11-6-1-7(12)3-8(2-6)14-9(5-15(18)19)13-4-10(16)17/h1-3,5,13-14H,4H2,(H,16,17). The number of carbonyl (C=O) groups is 1. The Bertz CT molecular complexity index is 513. The summed E-state index contributed by atoms with van der Waals surface area (Å²) in [7, 11) is 0. The lowest BCUT2D eigenvalue weighted by Gasteiger charge is -2.10. The summed E-state index contributed by atoms with van der Waals surface area (Å²) in [5.41, 5.74) is 0.392. The first-order valence-corrected chi connectivity index (χ1v) is 5.66. The summed E-state index contributed by atoms with van der Waals surface area (Å²) < 4.78 is 0. The molecule has 0 saturated heterocycles. The number of benzene rings is 1. The molecule has 0 unspecified atom stereocenters. The van der Waals surface area contributed by atoms with Crippen LogP contribution in [0.2, 0.25) is 10.0 Å². The van der Waals surface area contributed by atoms with Crippen molar-refractivity contribution in [1.82, 2.24) is 5.32 Å². The molecule has 0 saturated carbocycles. The van der Waals surface area contributed by atoms with E-state index in [4.69, 9.17) is 28.3 Å². The van der Waals surface area contributed by atoms with Crippen molar-refractivity contribution in [2.75, 3.05) is 11.9 Å². The van der Waals surface area contributed by atoms with E-state index in [-0.39, 0.29) is 5.82 Å². The highest BCUT2D eigenvalue weighted by Gasteiger charge is 2.07. The molecule has 0 aliphatic rings. The molecule has 0 aromatic heterocycles. The maximum atomic E-state index is 10.4. The zero-order valence-corrected chi connectivity index (χ0v) is 10.9. The van der Waals surface area contributed by atoms with Crippen LogP contribution in [0.1, 0.15) is 0 Å². The monoisotopic (exact) mass is 305 g/mol. The number of carboxylic acid groups (broad SMARTS) is 1. The third kappa shape index (κ3) is 5.94. The molecule has 3 N–H and O–H groups in total. The van der Waals surface area contributed by atoms with Crippen molar-refractivity contribution in [1.29, 1.82) is 0 Å². The quantitative estimate of drug-likeness (QED) is 0.549. The number of nitrogens with one attached hydrogen (secondary N) is 2. The van der Waals surface area contributed by atoms with E-state index in [9.17, 15) is 14.9 Å². The average Bonchev–Trinajstić information content (AvgIpc) is 2.23. The number of rotatable bonds is 6. The van der Waals surface area contributed by atoms with Gasteiger partial charge in [-0.3, -0.25) is 14.9 Å². The van der Waals surface area contributed by atoms with Crippen molar-refractivity contribution in [3.8, 4) is 0 Å². The first-order valence-electron chi connectivity index (χ1n) is 4.91. The highest BCUT2D eigenvalue weighted by atomic mass is 35.5. The molecule has 0 radical (unpaired) electrons. The van der Waals surface area contributed by atoms with E-state index in [1.807, 2.05) is 0 Å². The fraction of sp³-hybridized carbons (Fsp3) is 0.100. The van der Waals surface area contributed by atoms with Crippen molar-refractivity contribution in [3.05, 3.63) is 50.4 Å². The van der Waals surface area contributed by atoms with Gasteiger partial charge in [0, 0.05) is 15.7 Å². The van der Waals surface area contributed by atoms with E-state index in [1.54, 1.807) is 0 Å². The zero-order chi connectivity index (χ0) is 14.4. The Kier molecular flexibility index (Phi) is 5.40. The smallest absolute Gasteiger partial charge is 0.322 e. The molecule has 102 valence electrons. The average molecular weight is 306 g/mol. The van der Waals surface area contributed by atoms with E-state index in [0.717, 1.165) is 0 Å². The van der Waals surface area contributed by atoms with Crippen LogP contribution < -0.4 is 10.6 Å². The molecule has 1 rings (SSSR count). The van der Waals surface area contributed by atoms with Gasteiger partial charge in [0.1, 0.15) is 6.54 Å². The highest BCUT2D eigenvalue weighted by molar-refractivity contribution is 6.35. The predicted octanol–water partition coefficient (Wildman–Crippen LogP) is 2.16. The molecule has 0 spiro atoms. The number of anilines is 1. The lowest BCUT2D eigenvalue weighted by Crippen LogP contribution is -2.26. The lowest BCUT2D eigenvalue weighted by atomic mass is 10.3. The largest absolute Gasteiger partial charge is 0.480 e. The minimum absolute atomic E-state index is 0.0919. The highest BCUT2D eigenvalue weighted by Crippen LogP contribution is 2.23. The first kappa shape index (κ1) is 15.1. The molecule has 1 aromatic carbocycles. The van der Waals surface area contributed by atoms with Crippen LogP contribution in [0.15, 0.2) is 30.2 Å². The van der Waals surface area contributed by atoms with Crippen LogP contribution in [0.4, 0.5) is 5.69 Å². The molecule has 0 atom stereocenters. The van der Waals surface area contributed by atoms with Gasteiger partial charge in [0.05, 0.1) is 4.92 Å². The molecule has 19 heavy (non-hydrogen) atoms. The molecule has 1 aromatic rings. The molecule has 7 nitrogen and oxygen atoms in total. The Hall–Kier alpha value is -1.99. The molecule has 0 heterocycles. The number of nitro groups is 1. The molecular weight excluding hydrogens is 297 g/mol. The number of hydrogen-bond donors (Lipinski definition) is 3. The Morgan fingerprint density at radius 2 is 1.95 bits per heavy atom. The number of hydrogen-bond acceptors (Lipinski definition) is 5. The zero-order valence-electron chi connectivity index (χ0n) is 9.39. The second-order valence-corrected chi connectivity index (χ2v) is 4.23. The summed E-state index contributed by atoms with van der Waals surface area (Å²) in [6.07, 6.45) is 0.609. The van der Waals surface area contributed by atoms with E-state index in [0.29, 0.717) is 21.9 Å². The number of halogens is 2. The van der Waals surface area contributed by atoms with Gasteiger partial charge in [-0.05, 0) is 18.2 Å². The fourth-order valence-electron chi connectivity index (χ4n) is 1.18. The summed E-state index contributed by atoms with van der Waals surface area (Å²) in [6, 6.07) is 4.48. The van der Waals surface area contributed by atoms with Crippen molar-refractivity contribution < 1.29 is 14.8 Å². The summed E-state index contributed by atoms with van der Waals surface area (Å²) in [4.78, 5) is 20.1. The van der Waals surface area contributed by atoms with Gasteiger partial charge in [0.2, 0.25) is 0 Å². The molecule has 0 fully saturated rings. The van der Waals surface area contributed by atoms with E-state index in [2.05, 4.69) is 10.6 Å². The molecule has 0 amide bonds. The molecule has 9 heteroatoms. The van der Waals surface area contributed by atoms with Crippen LogP contribution in [-0.4, -0.2) is 22.5 Å². The van der Waals surface area contributed by atoms with Gasteiger partial charge in [-0.1, -0.05) is 23.2 Å². The Balaban J connectivity index is 2.87. The van der Waals surface area contributed by atoms with Crippen LogP contribution in [-0.2, 0) is 4.79 Å². The minimum atomic E-state index is -1.15. The van der Waals surface area contributed by atoms with Crippen molar-refractivity contribution in [2.45, 2.75) is 0 Å². The summed E-state index contributed by atoms with van der Waals surface area (Å²) in [6.45, 7) is -0.471. The Morgan fingerprint density at radius 3 is 2.42 bits per heavy atom. The molecule has 0 aliphatic heterocycles. The van der Waals surface area contributed by atoms with Gasteiger partial charge in [-0.15, -0.1) is 0 Å². The van der Waals surface area contributed by atoms with E-state index >= 15 is 0 Å². The summed E-state index contributed by atoms with van der Waals surface area (Å²) >= 11 is 11.5. The topological polar surface area (TPSA) is 104 Å². The first-order chi connectivity index (χ1) is 8.86. The maximum absolute atomic E-state index is 10.4. The Morgan fingerprint density at radius 1 is 1.37 bits per heavy atom. The van der Waals surface area contributed by atoms with Gasteiger partial charge < -0.3 is 15.7 Å². The maximum Gasteiger partial charge on any atom is 0.322 e. The van der Waals surface area contributed by atoms with Crippen molar-refractivity contribution in [2.24, 2.45) is 0 Å². The SMILES string of the molecule is O=C(O)CNC(=C[N+](=O)[O-])Nc1cc(Cl)cc(Cl)c1. The van der Waals surface area contributed by atoms with Crippen LogP contribution in [0.3, 0.4) is 0 Å². The van der Waals surface area contributed by atoms with E-state index in [1.165, 1.54) is 18.2 Å². The second kappa shape index (κ2) is 6.81. The second-order valence-electron chi connectivity index (χ2n) is 3.36. The van der Waals surface area contributed by atoms with Gasteiger partial charge in [-0.2, -0.15) is 0 Å². The number of aliphatic carboxylic acids is 1. The van der Waals surface area contributed by atoms with Crippen molar-refractivity contribution in [3.63, 3.8) is 0 Å². The van der Waals surface area contributed by atoms with E-state index < -0.39 is 17.4 Å². The van der Waals surface area contributed by atoms with Crippen molar-refractivity contribution >= 4 is 34.9 Å². The number of nitrogens with zero attached hydrogens (tertiary/aromatic N) is 1. The third-order valence-corrected chi connectivity index (χ3v) is 2.24. The fourth-order valence-corrected chi connectivity index (χ4v) is 1.71. The Labute approximate surface area is 118 Å². The van der Waals surface area contributed by atoms with Crippen LogP contribution in [0.5, 0.6) is 0 Å². The normalized spacial score (nSPS) is 10.9. The molecule has 0 bridgehead atoms. The van der Waals surface area contributed by atoms with Gasteiger partial charge in [0.15, 0.2) is 5.82 Å². The minimum Gasteiger partial charge on any atom is -0.480 e. The predicted molar refractivity (Wildman–Crippen MR) is 70.8 cm³/mol. The number of carboxylic acids is 1. The molecule has 0 aliphatic carbocycles. The van der Waals surface area contributed by atoms with Crippen LogP contribution >= 0.6 is 23.2 Å². The summed E-state index contributed by atoms with van der Waals surface area (Å²) in [5, 5.41) is 24.6. The molecular formula is C10H9Cl2N3O4.